The fourth-order valence-electron chi connectivity index (χ4n) is 5.67. The van der Waals surface area contributed by atoms with Crippen molar-refractivity contribution < 1.29 is 29.0 Å². The number of amides is 2. The van der Waals surface area contributed by atoms with Gasteiger partial charge in [0, 0.05) is 15.5 Å². The SMILES string of the molecule is CCC(Sc1cccc(NC(=O)C2CC=CCC2C(=O)O)c1)C(=O)Nc1sc2c(c1C(=O)OC)CCC(C(C)(C)C)C2. The minimum Gasteiger partial charge on any atom is -0.481 e. The molecule has 1 aromatic carbocycles. The first kappa shape index (κ1) is 31.8. The molecule has 0 aliphatic heterocycles. The summed E-state index contributed by atoms with van der Waals surface area (Å²) in [6, 6.07) is 7.22. The molecule has 4 unspecified atom stereocenters. The topological polar surface area (TPSA) is 122 Å². The van der Waals surface area contributed by atoms with E-state index in [9.17, 15) is 24.3 Å². The number of hydrogen-bond acceptors (Lipinski definition) is 7. The highest BCUT2D eigenvalue weighted by Gasteiger charge is 2.36. The lowest BCUT2D eigenvalue weighted by Gasteiger charge is -2.33. The zero-order valence-electron chi connectivity index (χ0n) is 24.8. The summed E-state index contributed by atoms with van der Waals surface area (Å²) in [5.74, 6) is -2.84. The van der Waals surface area contributed by atoms with Gasteiger partial charge >= 0.3 is 11.9 Å². The Morgan fingerprint density at radius 1 is 1.12 bits per heavy atom. The summed E-state index contributed by atoms with van der Waals surface area (Å²) in [7, 11) is 1.36. The number of carbonyl (C=O) groups excluding carboxylic acids is 3. The van der Waals surface area contributed by atoms with Crippen LogP contribution in [-0.2, 0) is 32.0 Å². The summed E-state index contributed by atoms with van der Waals surface area (Å²) >= 11 is 2.85. The number of anilines is 2. The Morgan fingerprint density at radius 2 is 1.83 bits per heavy atom. The van der Waals surface area contributed by atoms with Gasteiger partial charge in [0.2, 0.25) is 11.8 Å². The number of rotatable bonds is 9. The smallest absolute Gasteiger partial charge is 0.341 e. The molecular weight excluding hydrogens is 572 g/mol. The van der Waals surface area contributed by atoms with E-state index < -0.39 is 29.0 Å². The lowest BCUT2D eigenvalue weighted by Crippen LogP contribution is -2.34. The number of ether oxygens (including phenoxy) is 1. The zero-order valence-corrected chi connectivity index (χ0v) is 26.5. The third kappa shape index (κ3) is 7.26. The predicted molar refractivity (Wildman–Crippen MR) is 167 cm³/mol. The van der Waals surface area contributed by atoms with Crippen LogP contribution in [0, 0.1) is 23.2 Å². The summed E-state index contributed by atoms with van der Waals surface area (Å²) in [6.07, 6.45) is 7.55. The molecular formula is C32H40N2O6S2. The molecule has 2 aromatic rings. The van der Waals surface area contributed by atoms with Crippen LogP contribution >= 0.6 is 23.1 Å². The number of allylic oxidation sites excluding steroid dienone is 2. The van der Waals surface area contributed by atoms with E-state index in [0.717, 1.165) is 34.6 Å². The lowest BCUT2D eigenvalue weighted by molar-refractivity contribution is -0.146. The first-order valence-corrected chi connectivity index (χ1v) is 16.1. The summed E-state index contributed by atoms with van der Waals surface area (Å²) in [4.78, 5) is 52.8. The number of methoxy groups -OCH3 is 1. The highest BCUT2D eigenvalue weighted by atomic mass is 32.2. The van der Waals surface area contributed by atoms with Gasteiger partial charge in [-0.05, 0) is 73.6 Å². The average Bonchev–Trinajstić information content (AvgIpc) is 3.32. The molecule has 8 nitrogen and oxygen atoms in total. The molecule has 1 aromatic heterocycles. The number of fused-ring (bicyclic) bond motifs is 1. The summed E-state index contributed by atoms with van der Waals surface area (Å²) in [6.45, 7) is 8.65. The minimum absolute atomic E-state index is 0.153. The average molecular weight is 613 g/mol. The van der Waals surface area contributed by atoms with Crippen LogP contribution in [0.5, 0.6) is 0 Å². The lowest BCUT2D eigenvalue weighted by atomic mass is 9.72. The molecule has 0 spiro atoms. The Hall–Kier alpha value is -3.11. The van der Waals surface area contributed by atoms with Gasteiger partial charge in [0.15, 0.2) is 0 Å². The Labute approximate surface area is 255 Å². The van der Waals surface area contributed by atoms with Gasteiger partial charge in [-0.15, -0.1) is 23.1 Å². The molecule has 42 heavy (non-hydrogen) atoms. The highest BCUT2D eigenvalue weighted by molar-refractivity contribution is 8.00. The van der Waals surface area contributed by atoms with Gasteiger partial charge in [0.1, 0.15) is 5.00 Å². The number of esters is 1. The Bertz CT molecular complexity index is 1380. The van der Waals surface area contributed by atoms with Crippen molar-refractivity contribution in [3.05, 3.63) is 52.4 Å². The van der Waals surface area contributed by atoms with Crippen molar-refractivity contribution in [1.82, 2.24) is 0 Å². The quantitative estimate of drug-likeness (QED) is 0.162. The second kappa shape index (κ2) is 13.5. The fourth-order valence-corrected chi connectivity index (χ4v) is 8.00. The van der Waals surface area contributed by atoms with Crippen LogP contribution in [0.15, 0.2) is 41.3 Å². The Kier molecular flexibility index (Phi) is 10.2. The molecule has 2 aliphatic rings. The molecule has 226 valence electrons. The molecule has 1 heterocycles. The van der Waals surface area contributed by atoms with Gasteiger partial charge in [-0.2, -0.15) is 0 Å². The molecule has 2 aliphatic carbocycles. The molecule has 4 rings (SSSR count). The van der Waals surface area contributed by atoms with Crippen molar-refractivity contribution in [3.63, 3.8) is 0 Å². The van der Waals surface area contributed by atoms with Crippen molar-refractivity contribution in [2.24, 2.45) is 23.2 Å². The number of nitrogens with one attached hydrogen (secondary N) is 2. The molecule has 3 N–H and O–H groups in total. The zero-order chi connectivity index (χ0) is 30.6. The third-order valence-electron chi connectivity index (χ3n) is 8.25. The minimum atomic E-state index is -0.975. The van der Waals surface area contributed by atoms with Crippen LogP contribution in [0.1, 0.15) is 74.2 Å². The second-order valence-electron chi connectivity index (χ2n) is 12.0. The monoisotopic (exact) mass is 612 g/mol. The molecule has 0 saturated heterocycles. The van der Waals surface area contributed by atoms with Crippen LogP contribution in [0.3, 0.4) is 0 Å². The van der Waals surface area contributed by atoms with E-state index in [-0.39, 0.29) is 17.2 Å². The van der Waals surface area contributed by atoms with Crippen LogP contribution < -0.4 is 10.6 Å². The largest absolute Gasteiger partial charge is 0.481 e. The molecule has 0 fully saturated rings. The summed E-state index contributed by atoms with van der Waals surface area (Å²) in [5.41, 5.74) is 2.16. The predicted octanol–water partition coefficient (Wildman–Crippen LogP) is 6.80. The van der Waals surface area contributed by atoms with Gasteiger partial charge in [0.25, 0.3) is 0 Å². The Morgan fingerprint density at radius 3 is 2.48 bits per heavy atom. The number of thioether (sulfide) groups is 1. The summed E-state index contributed by atoms with van der Waals surface area (Å²) < 4.78 is 5.11. The van der Waals surface area contributed by atoms with E-state index in [1.807, 2.05) is 19.1 Å². The van der Waals surface area contributed by atoms with E-state index >= 15 is 0 Å². The van der Waals surface area contributed by atoms with Crippen LogP contribution in [0.2, 0.25) is 0 Å². The number of hydrogen-bond donors (Lipinski definition) is 3. The van der Waals surface area contributed by atoms with Crippen molar-refractivity contribution >= 4 is 57.5 Å². The van der Waals surface area contributed by atoms with Gasteiger partial charge < -0.3 is 20.5 Å². The fraction of sp³-hybridized carbons (Fsp3) is 0.500. The van der Waals surface area contributed by atoms with Gasteiger partial charge in [-0.1, -0.05) is 45.9 Å². The molecule has 0 radical (unpaired) electrons. The number of carboxylic acids is 1. The molecule has 2 amide bonds. The van der Waals surface area contributed by atoms with Crippen molar-refractivity contribution in [2.45, 2.75) is 76.4 Å². The second-order valence-corrected chi connectivity index (χ2v) is 14.4. The standard InChI is InChI=1S/C32H40N2O6S2/c1-6-24(41-20-11-9-10-19(17-20)33-27(35)21-12-7-8-13-22(21)30(37)38)28(36)34-29-26(31(39)40-5)23-15-14-18(32(2,3)4)16-25(23)42-29/h7-11,17-18,21-22,24H,6,12-16H2,1-5H3,(H,33,35)(H,34,36)(H,37,38). The molecule has 4 atom stereocenters. The maximum atomic E-state index is 13.5. The number of benzene rings is 1. The Balaban J connectivity index is 1.47. The number of carbonyl (C=O) groups is 4. The van der Waals surface area contributed by atoms with Gasteiger partial charge in [-0.25, -0.2) is 4.79 Å². The van der Waals surface area contributed by atoms with Gasteiger partial charge in [0.05, 0.1) is 29.8 Å². The normalized spacial score (nSPS) is 20.7. The third-order valence-corrected chi connectivity index (χ3v) is 10.8. The van der Waals surface area contributed by atoms with Crippen LogP contribution in [0.25, 0.3) is 0 Å². The van der Waals surface area contributed by atoms with Gasteiger partial charge in [-0.3, -0.25) is 14.4 Å². The molecule has 0 bridgehead atoms. The van der Waals surface area contributed by atoms with Crippen LogP contribution in [-0.4, -0.2) is 41.2 Å². The van der Waals surface area contributed by atoms with E-state index in [2.05, 4.69) is 31.4 Å². The highest BCUT2D eigenvalue weighted by Crippen LogP contribution is 2.45. The first-order valence-electron chi connectivity index (χ1n) is 14.4. The van der Waals surface area contributed by atoms with E-state index in [0.29, 0.717) is 41.4 Å². The maximum absolute atomic E-state index is 13.5. The van der Waals surface area contributed by atoms with E-state index in [1.54, 1.807) is 24.3 Å². The van der Waals surface area contributed by atoms with E-state index in [1.165, 1.54) is 30.2 Å². The molecule has 10 heteroatoms. The van der Waals surface area contributed by atoms with Crippen molar-refractivity contribution in [3.8, 4) is 0 Å². The number of aliphatic carboxylic acids is 1. The van der Waals surface area contributed by atoms with Crippen LogP contribution in [0.4, 0.5) is 10.7 Å². The number of thiophene rings is 1. The maximum Gasteiger partial charge on any atom is 0.341 e. The van der Waals surface area contributed by atoms with E-state index in [4.69, 9.17) is 4.74 Å². The van der Waals surface area contributed by atoms with Crippen molar-refractivity contribution in [2.75, 3.05) is 17.7 Å². The number of carboxylic acid groups (broad SMARTS) is 1. The molecule has 0 saturated carbocycles. The van der Waals surface area contributed by atoms with Crippen molar-refractivity contribution in [1.29, 1.82) is 0 Å². The summed E-state index contributed by atoms with van der Waals surface area (Å²) in [5, 5.41) is 15.5. The first-order chi connectivity index (χ1) is 19.9.